The normalized spacial score (nSPS) is 11.5. The van der Waals surface area contributed by atoms with E-state index in [1.807, 2.05) is 0 Å². The van der Waals surface area contributed by atoms with E-state index in [4.69, 9.17) is 4.74 Å². The van der Waals surface area contributed by atoms with Gasteiger partial charge in [0.2, 0.25) is 5.91 Å². The molecule has 0 saturated carbocycles. The first-order chi connectivity index (χ1) is 15.1. The third-order valence-corrected chi connectivity index (χ3v) is 6.24. The highest BCUT2D eigenvalue weighted by Crippen LogP contribution is 2.42. The molecule has 0 saturated heterocycles. The minimum Gasteiger partial charge on any atom is -0.462 e. The Hall–Kier alpha value is -3.13. The zero-order valence-electron chi connectivity index (χ0n) is 18.2. The van der Waals surface area contributed by atoms with Crippen molar-refractivity contribution in [1.82, 2.24) is 4.98 Å². The Morgan fingerprint density at radius 3 is 2.00 bits per heavy atom. The molecule has 0 aliphatic rings. The number of esters is 1. The third kappa shape index (κ3) is 5.02. The summed E-state index contributed by atoms with van der Waals surface area (Å²) >= 11 is 1.04. The van der Waals surface area contributed by atoms with Crippen LogP contribution in [-0.2, 0) is 9.53 Å². The van der Waals surface area contributed by atoms with Crippen molar-refractivity contribution in [3.8, 4) is 0 Å². The van der Waals surface area contributed by atoms with Crippen LogP contribution in [0.3, 0.4) is 0 Å². The molecule has 2 aromatic carbocycles. The van der Waals surface area contributed by atoms with Crippen LogP contribution >= 0.6 is 11.3 Å². The molecule has 32 heavy (non-hydrogen) atoms. The smallest absolute Gasteiger partial charge is 0.350 e. The number of nitrogens with one attached hydrogen (secondary N) is 1. The SMILES string of the molecule is CCOC(=O)c1sc(NC(=O)C(C)(C)C(c2ccc(F)cc2)c2ccc(F)cc2)nc1C. The standard InChI is InChI=1S/C24H24F2N2O3S/c1-5-31-21(29)20-14(2)27-23(32-20)28-22(30)24(3,4)19(15-6-10-17(25)11-7-15)16-8-12-18(26)13-9-16/h6-13,19H,5H2,1-4H3,(H,27,28,30). The molecule has 1 amide bonds. The Balaban J connectivity index is 1.94. The van der Waals surface area contributed by atoms with E-state index in [1.54, 1.807) is 52.0 Å². The van der Waals surface area contributed by atoms with E-state index < -0.39 is 28.9 Å². The van der Waals surface area contributed by atoms with E-state index in [-0.39, 0.29) is 17.6 Å². The minimum atomic E-state index is -1.03. The number of nitrogens with zero attached hydrogens (tertiary/aromatic N) is 1. The van der Waals surface area contributed by atoms with Crippen LogP contribution in [-0.4, -0.2) is 23.5 Å². The molecular weight excluding hydrogens is 434 g/mol. The second-order valence-electron chi connectivity index (χ2n) is 7.87. The number of hydrogen-bond acceptors (Lipinski definition) is 5. The molecular formula is C24H24F2N2O3S. The summed E-state index contributed by atoms with van der Waals surface area (Å²) in [7, 11) is 0. The largest absolute Gasteiger partial charge is 0.462 e. The number of carbonyl (C=O) groups excluding carboxylic acids is 2. The maximum absolute atomic E-state index is 13.5. The van der Waals surface area contributed by atoms with E-state index in [0.29, 0.717) is 21.7 Å². The maximum atomic E-state index is 13.5. The molecule has 0 spiro atoms. The van der Waals surface area contributed by atoms with Crippen molar-refractivity contribution in [3.63, 3.8) is 0 Å². The first-order valence-electron chi connectivity index (χ1n) is 10.1. The lowest BCUT2D eigenvalue weighted by Crippen LogP contribution is -2.37. The number of aromatic nitrogens is 1. The summed E-state index contributed by atoms with van der Waals surface area (Å²) in [5, 5.41) is 3.07. The van der Waals surface area contributed by atoms with Gasteiger partial charge in [0.15, 0.2) is 5.13 Å². The van der Waals surface area contributed by atoms with Gasteiger partial charge >= 0.3 is 5.97 Å². The summed E-state index contributed by atoms with van der Waals surface area (Å²) in [5.74, 6) is -2.11. The van der Waals surface area contributed by atoms with Crippen LogP contribution in [0.1, 0.15) is 53.2 Å². The summed E-state index contributed by atoms with van der Waals surface area (Å²) in [6, 6.07) is 11.8. The minimum absolute atomic E-state index is 0.238. The van der Waals surface area contributed by atoms with Crippen LogP contribution in [0.15, 0.2) is 48.5 Å². The molecule has 0 radical (unpaired) electrons. The number of benzene rings is 2. The van der Waals surface area contributed by atoms with E-state index in [9.17, 15) is 18.4 Å². The van der Waals surface area contributed by atoms with Crippen molar-refractivity contribution in [3.05, 3.63) is 81.9 Å². The highest BCUT2D eigenvalue weighted by molar-refractivity contribution is 7.17. The van der Waals surface area contributed by atoms with E-state index in [1.165, 1.54) is 24.3 Å². The van der Waals surface area contributed by atoms with E-state index in [0.717, 1.165) is 11.3 Å². The molecule has 0 fully saturated rings. The highest BCUT2D eigenvalue weighted by Gasteiger charge is 2.39. The van der Waals surface area contributed by atoms with Crippen molar-refractivity contribution in [2.45, 2.75) is 33.6 Å². The molecule has 1 heterocycles. The van der Waals surface area contributed by atoms with Crippen molar-refractivity contribution in [1.29, 1.82) is 0 Å². The zero-order chi connectivity index (χ0) is 23.5. The molecule has 0 bridgehead atoms. The molecule has 0 aliphatic carbocycles. The number of thiazole rings is 1. The van der Waals surface area contributed by atoms with Crippen molar-refractivity contribution in [2.24, 2.45) is 5.41 Å². The predicted molar refractivity (Wildman–Crippen MR) is 120 cm³/mol. The summed E-state index contributed by atoms with van der Waals surface area (Å²) < 4.78 is 32.1. The number of anilines is 1. The number of amides is 1. The number of rotatable bonds is 7. The molecule has 0 aliphatic heterocycles. The Morgan fingerprint density at radius 2 is 1.53 bits per heavy atom. The highest BCUT2D eigenvalue weighted by atomic mass is 32.1. The Bertz CT molecular complexity index is 1060. The molecule has 1 N–H and O–H groups in total. The lowest BCUT2D eigenvalue weighted by molar-refractivity contribution is -0.124. The van der Waals surface area contributed by atoms with E-state index >= 15 is 0 Å². The molecule has 3 rings (SSSR count). The average molecular weight is 459 g/mol. The summed E-state index contributed by atoms with van der Waals surface area (Å²) in [6.45, 7) is 7.13. The average Bonchev–Trinajstić information content (AvgIpc) is 3.11. The molecule has 1 aromatic heterocycles. The van der Waals surface area contributed by atoms with Gasteiger partial charge in [0, 0.05) is 5.92 Å². The number of ether oxygens (including phenoxy) is 1. The summed E-state index contributed by atoms with van der Waals surface area (Å²) in [5.41, 5.74) is 0.857. The van der Waals surface area contributed by atoms with Gasteiger partial charge in [-0.15, -0.1) is 0 Å². The van der Waals surface area contributed by atoms with Crippen LogP contribution < -0.4 is 5.32 Å². The third-order valence-electron chi connectivity index (χ3n) is 5.19. The van der Waals surface area contributed by atoms with Gasteiger partial charge in [-0.05, 0) is 49.2 Å². The Labute approximate surface area is 189 Å². The van der Waals surface area contributed by atoms with Gasteiger partial charge in [-0.25, -0.2) is 18.6 Å². The predicted octanol–water partition coefficient (Wildman–Crippen LogP) is 5.70. The number of aryl methyl sites for hydroxylation is 1. The molecule has 0 unspecified atom stereocenters. The van der Waals surface area contributed by atoms with Gasteiger partial charge in [-0.2, -0.15) is 0 Å². The fourth-order valence-corrected chi connectivity index (χ4v) is 4.42. The zero-order valence-corrected chi connectivity index (χ0v) is 19.1. The van der Waals surface area contributed by atoms with Gasteiger partial charge in [-0.1, -0.05) is 49.4 Å². The van der Waals surface area contributed by atoms with Gasteiger partial charge in [0.05, 0.1) is 17.7 Å². The van der Waals surface area contributed by atoms with Gasteiger partial charge in [0.1, 0.15) is 16.5 Å². The first-order valence-corrected chi connectivity index (χ1v) is 10.9. The summed E-state index contributed by atoms with van der Waals surface area (Å²) in [6.07, 6.45) is 0. The van der Waals surface area contributed by atoms with Crippen molar-refractivity contribution >= 4 is 28.3 Å². The van der Waals surface area contributed by atoms with Crippen LogP contribution in [0.4, 0.5) is 13.9 Å². The molecule has 3 aromatic rings. The lowest BCUT2D eigenvalue weighted by Gasteiger charge is -2.33. The topological polar surface area (TPSA) is 68.3 Å². The fraction of sp³-hybridized carbons (Fsp3) is 0.292. The quantitative estimate of drug-likeness (QED) is 0.461. The molecule has 168 valence electrons. The number of hydrogen-bond donors (Lipinski definition) is 1. The molecule has 5 nitrogen and oxygen atoms in total. The summed E-state index contributed by atoms with van der Waals surface area (Å²) in [4.78, 5) is 30.0. The van der Waals surface area contributed by atoms with Crippen LogP contribution in [0, 0.1) is 24.0 Å². The number of carbonyl (C=O) groups is 2. The van der Waals surface area contributed by atoms with Crippen LogP contribution in [0.5, 0.6) is 0 Å². The van der Waals surface area contributed by atoms with Gasteiger partial charge in [0.25, 0.3) is 0 Å². The van der Waals surface area contributed by atoms with Crippen molar-refractivity contribution < 1.29 is 23.1 Å². The van der Waals surface area contributed by atoms with Gasteiger partial charge in [-0.3, -0.25) is 4.79 Å². The van der Waals surface area contributed by atoms with Crippen molar-refractivity contribution in [2.75, 3.05) is 11.9 Å². The maximum Gasteiger partial charge on any atom is 0.350 e. The van der Waals surface area contributed by atoms with E-state index in [2.05, 4.69) is 10.3 Å². The Kier molecular flexibility index (Phi) is 7.03. The first kappa shape index (κ1) is 23.5. The van der Waals surface area contributed by atoms with Crippen LogP contribution in [0.25, 0.3) is 0 Å². The fourth-order valence-electron chi connectivity index (χ4n) is 3.56. The lowest BCUT2D eigenvalue weighted by atomic mass is 9.70. The molecule has 8 heteroatoms. The number of halogens is 2. The second kappa shape index (κ2) is 9.56. The monoisotopic (exact) mass is 458 g/mol. The molecule has 0 atom stereocenters. The van der Waals surface area contributed by atoms with Gasteiger partial charge < -0.3 is 10.1 Å². The van der Waals surface area contributed by atoms with Crippen LogP contribution in [0.2, 0.25) is 0 Å². The Morgan fingerprint density at radius 1 is 1.03 bits per heavy atom. The second-order valence-corrected chi connectivity index (χ2v) is 8.87.